The fraction of sp³-hybridized carbons (Fsp3) is 0.545. The van der Waals surface area contributed by atoms with Crippen molar-refractivity contribution in [3.05, 3.63) is 29.1 Å². The minimum atomic E-state index is -0.400. The van der Waals surface area contributed by atoms with Gasteiger partial charge >= 0.3 is 0 Å². The van der Waals surface area contributed by atoms with Crippen molar-refractivity contribution in [3.8, 4) is 0 Å². The summed E-state index contributed by atoms with van der Waals surface area (Å²) in [6.07, 6.45) is 4.71. The van der Waals surface area contributed by atoms with Crippen LogP contribution in [0.3, 0.4) is 0 Å². The Bertz CT molecular complexity index is 297. The number of rotatable bonds is 4. The molecule has 0 aliphatic carbocycles. The summed E-state index contributed by atoms with van der Waals surface area (Å²) in [6.45, 7) is 6.30. The van der Waals surface area contributed by atoms with E-state index in [0.717, 1.165) is 18.4 Å². The van der Waals surface area contributed by atoms with E-state index >= 15 is 0 Å². The van der Waals surface area contributed by atoms with Gasteiger partial charge in [-0.05, 0) is 33.6 Å². The van der Waals surface area contributed by atoms with Gasteiger partial charge < -0.3 is 5.11 Å². The molecule has 0 fully saturated rings. The smallest absolute Gasteiger partial charge is 0.0823 e. The maximum atomic E-state index is 9.76. The van der Waals surface area contributed by atoms with E-state index in [0.29, 0.717) is 0 Å². The lowest BCUT2D eigenvalue weighted by molar-refractivity contribution is 0.168. The van der Waals surface area contributed by atoms with Gasteiger partial charge in [-0.1, -0.05) is 11.1 Å². The van der Waals surface area contributed by atoms with Crippen molar-refractivity contribution in [1.82, 2.24) is 10.2 Å². The van der Waals surface area contributed by atoms with Crippen molar-refractivity contribution in [2.24, 2.45) is 0 Å². The first-order valence-electron chi connectivity index (χ1n) is 4.91. The molecule has 3 nitrogen and oxygen atoms in total. The fourth-order valence-corrected chi connectivity index (χ4v) is 1.21. The van der Waals surface area contributed by atoms with Gasteiger partial charge in [0.25, 0.3) is 0 Å². The highest BCUT2D eigenvalue weighted by molar-refractivity contribution is 5.10. The second-order valence-electron chi connectivity index (χ2n) is 3.87. The zero-order valence-corrected chi connectivity index (χ0v) is 9.04. The van der Waals surface area contributed by atoms with Gasteiger partial charge in [0, 0.05) is 11.8 Å². The number of nitrogens with one attached hydrogen (secondary N) is 1. The Labute approximate surface area is 84.9 Å². The third-order valence-electron chi connectivity index (χ3n) is 2.55. The van der Waals surface area contributed by atoms with E-state index in [9.17, 15) is 5.11 Å². The normalized spacial score (nSPS) is 12.6. The molecule has 78 valence electrons. The molecule has 0 aliphatic heterocycles. The zero-order valence-electron chi connectivity index (χ0n) is 9.04. The van der Waals surface area contributed by atoms with E-state index < -0.39 is 6.10 Å². The molecule has 0 aliphatic rings. The van der Waals surface area contributed by atoms with Crippen LogP contribution in [0.2, 0.25) is 0 Å². The van der Waals surface area contributed by atoms with Crippen molar-refractivity contribution in [1.29, 1.82) is 0 Å². The molecular formula is C11H18N2O. The molecule has 3 heteroatoms. The highest BCUT2D eigenvalue weighted by Crippen LogP contribution is 2.20. The van der Waals surface area contributed by atoms with E-state index in [1.165, 1.54) is 11.1 Å². The van der Waals surface area contributed by atoms with Crippen molar-refractivity contribution < 1.29 is 5.11 Å². The quantitative estimate of drug-likeness (QED) is 0.724. The largest absolute Gasteiger partial charge is 0.388 e. The Balaban J connectivity index is 2.43. The molecule has 1 aromatic rings. The Morgan fingerprint density at radius 3 is 2.71 bits per heavy atom. The third kappa shape index (κ3) is 3.00. The summed E-state index contributed by atoms with van der Waals surface area (Å²) in [4.78, 5) is 0. The maximum Gasteiger partial charge on any atom is 0.0823 e. The molecule has 1 unspecified atom stereocenters. The van der Waals surface area contributed by atoms with Gasteiger partial charge in [0.05, 0.1) is 12.3 Å². The van der Waals surface area contributed by atoms with E-state index in [4.69, 9.17) is 0 Å². The first-order valence-corrected chi connectivity index (χ1v) is 4.91. The van der Waals surface area contributed by atoms with E-state index in [1.807, 2.05) is 0 Å². The summed E-state index contributed by atoms with van der Waals surface area (Å²) in [7, 11) is 0. The number of allylic oxidation sites excluding steroid dienone is 2. The minimum absolute atomic E-state index is 0.400. The molecule has 1 heterocycles. The summed E-state index contributed by atoms with van der Waals surface area (Å²) < 4.78 is 0. The van der Waals surface area contributed by atoms with Crippen LogP contribution < -0.4 is 0 Å². The van der Waals surface area contributed by atoms with Crippen LogP contribution in [0.25, 0.3) is 0 Å². The second kappa shape index (κ2) is 4.96. The predicted molar refractivity (Wildman–Crippen MR) is 56.8 cm³/mol. The standard InChI is InChI=1S/C11H18N2O/c1-8(2)9(3)4-5-11(14)10-6-12-13-7-10/h6-7,11,14H,4-5H2,1-3H3,(H,12,13). The average molecular weight is 194 g/mol. The number of hydrogen-bond donors (Lipinski definition) is 2. The van der Waals surface area contributed by atoms with Crippen LogP contribution >= 0.6 is 0 Å². The SMILES string of the molecule is CC(C)=C(C)CCC(O)c1cn[nH]c1. The zero-order chi connectivity index (χ0) is 10.6. The molecule has 2 N–H and O–H groups in total. The summed E-state index contributed by atoms with van der Waals surface area (Å²) in [5.74, 6) is 0. The number of aromatic nitrogens is 2. The van der Waals surface area contributed by atoms with Gasteiger partial charge in [0.2, 0.25) is 0 Å². The van der Waals surface area contributed by atoms with Crippen LogP contribution in [-0.2, 0) is 0 Å². The van der Waals surface area contributed by atoms with Crippen molar-refractivity contribution in [3.63, 3.8) is 0 Å². The molecule has 0 radical (unpaired) electrons. The average Bonchev–Trinajstić information content (AvgIpc) is 2.66. The van der Waals surface area contributed by atoms with Crippen LogP contribution in [-0.4, -0.2) is 15.3 Å². The molecule has 0 amide bonds. The van der Waals surface area contributed by atoms with Crippen LogP contribution in [0.1, 0.15) is 45.3 Å². The number of nitrogens with zero attached hydrogens (tertiary/aromatic N) is 1. The lowest BCUT2D eigenvalue weighted by atomic mass is 10.0. The van der Waals surface area contributed by atoms with Crippen molar-refractivity contribution >= 4 is 0 Å². The van der Waals surface area contributed by atoms with Gasteiger partial charge in [0.1, 0.15) is 0 Å². The first kappa shape index (κ1) is 11.0. The summed E-state index contributed by atoms with van der Waals surface area (Å²) in [5.41, 5.74) is 3.56. The topological polar surface area (TPSA) is 48.9 Å². The van der Waals surface area contributed by atoms with Gasteiger partial charge in [-0.25, -0.2) is 0 Å². The Kier molecular flexibility index (Phi) is 3.89. The number of aliphatic hydroxyl groups is 1. The molecule has 0 bridgehead atoms. The van der Waals surface area contributed by atoms with Gasteiger partial charge in [-0.3, -0.25) is 5.10 Å². The molecule has 1 atom stereocenters. The third-order valence-corrected chi connectivity index (χ3v) is 2.55. The lowest BCUT2D eigenvalue weighted by Crippen LogP contribution is -1.96. The van der Waals surface area contributed by atoms with Crippen LogP contribution in [0.15, 0.2) is 23.5 Å². The van der Waals surface area contributed by atoms with Gasteiger partial charge in [0.15, 0.2) is 0 Å². The summed E-state index contributed by atoms with van der Waals surface area (Å²) in [5, 5.41) is 16.3. The van der Waals surface area contributed by atoms with Crippen LogP contribution in [0.5, 0.6) is 0 Å². The van der Waals surface area contributed by atoms with Gasteiger partial charge in [-0.2, -0.15) is 5.10 Å². The predicted octanol–water partition coefficient (Wildman–Crippen LogP) is 2.58. The van der Waals surface area contributed by atoms with Crippen LogP contribution in [0, 0.1) is 0 Å². The number of H-pyrrole nitrogens is 1. The molecule has 0 aromatic carbocycles. The second-order valence-corrected chi connectivity index (χ2v) is 3.87. The van der Waals surface area contributed by atoms with E-state index in [2.05, 4.69) is 31.0 Å². The molecule has 14 heavy (non-hydrogen) atoms. The maximum absolute atomic E-state index is 9.76. The molecule has 1 rings (SSSR count). The summed E-state index contributed by atoms with van der Waals surface area (Å²) in [6, 6.07) is 0. The van der Waals surface area contributed by atoms with Gasteiger partial charge in [-0.15, -0.1) is 0 Å². The Morgan fingerprint density at radius 2 is 2.21 bits per heavy atom. The molecule has 1 aromatic heterocycles. The lowest BCUT2D eigenvalue weighted by Gasteiger charge is -2.09. The molecule has 0 spiro atoms. The van der Waals surface area contributed by atoms with Crippen molar-refractivity contribution in [2.75, 3.05) is 0 Å². The summed E-state index contributed by atoms with van der Waals surface area (Å²) >= 11 is 0. The molecular weight excluding hydrogens is 176 g/mol. The van der Waals surface area contributed by atoms with Crippen molar-refractivity contribution in [2.45, 2.75) is 39.7 Å². The number of aromatic amines is 1. The highest BCUT2D eigenvalue weighted by Gasteiger charge is 2.08. The molecule has 0 saturated carbocycles. The minimum Gasteiger partial charge on any atom is -0.388 e. The monoisotopic (exact) mass is 194 g/mol. The Morgan fingerprint density at radius 1 is 1.50 bits per heavy atom. The van der Waals surface area contributed by atoms with E-state index in [1.54, 1.807) is 12.4 Å². The molecule has 0 saturated heterocycles. The Hall–Kier alpha value is -1.09. The number of aliphatic hydroxyl groups excluding tert-OH is 1. The fourth-order valence-electron chi connectivity index (χ4n) is 1.21. The highest BCUT2D eigenvalue weighted by atomic mass is 16.3. The van der Waals surface area contributed by atoms with Crippen LogP contribution in [0.4, 0.5) is 0 Å². The van der Waals surface area contributed by atoms with E-state index in [-0.39, 0.29) is 0 Å². The first-order chi connectivity index (χ1) is 6.61. The number of hydrogen-bond acceptors (Lipinski definition) is 2.